The van der Waals surface area contributed by atoms with E-state index in [9.17, 15) is 0 Å². The zero-order chi connectivity index (χ0) is 17.2. The zero-order valence-corrected chi connectivity index (χ0v) is 14.9. The molecular weight excluding hydrogens is 308 g/mol. The van der Waals surface area contributed by atoms with Gasteiger partial charge in [0.25, 0.3) is 0 Å². The van der Waals surface area contributed by atoms with Crippen LogP contribution in [0.5, 0.6) is 0 Å². The molecule has 2 N–H and O–H groups in total. The van der Waals surface area contributed by atoms with Crippen LogP contribution in [0.2, 0.25) is 0 Å². The number of rotatable bonds is 2. The minimum atomic E-state index is 0.353. The molecule has 25 heavy (non-hydrogen) atoms. The zero-order valence-electron chi connectivity index (χ0n) is 14.9. The van der Waals surface area contributed by atoms with Crippen molar-refractivity contribution in [2.24, 2.45) is 27.6 Å². The van der Waals surface area contributed by atoms with E-state index in [1.165, 1.54) is 16.3 Å². The van der Waals surface area contributed by atoms with Crippen molar-refractivity contribution in [3.8, 4) is 0 Å². The molecule has 0 radical (unpaired) electrons. The van der Waals surface area contributed by atoms with Gasteiger partial charge >= 0.3 is 0 Å². The molecule has 2 aliphatic rings. The van der Waals surface area contributed by atoms with Crippen LogP contribution in [0.25, 0.3) is 10.8 Å². The number of aliphatic imine (C=N–C) groups is 2. The Kier molecular flexibility index (Phi) is 4.53. The Balaban J connectivity index is 1.61. The maximum atomic E-state index is 5.81. The van der Waals surface area contributed by atoms with E-state index in [-0.39, 0.29) is 0 Å². The molecule has 1 unspecified atom stereocenters. The third-order valence-corrected chi connectivity index (χ3v) is 5.47. The number of hydrogen-bond acceptors (Lipinski definition) is 4. The fourth-order valence-electron chi connectivity index (χ4n) is 3.80. The molecule has 2 heterocycles. The maximum absolute atomic E-state index is 5.81. The van der Waals surface area contributed by atoms with Crippen LogP contribution in [0, 0.1) is 11.8 Å². The van der Waals surface area contributed by atoms with Gasteiger partial charge in [-0.3, -0.25) is 4.99 Å². The molecule has 1 fully saturated rings. The van der Waals surface area contributed by atoms with Gasteiger partial charge in [-0.1, -0.05) is 43.3 Å². The van der Waals surface area contributed by atoms with Crippen molar-refractivity contribution in [1.82, 2.24) is 4.90 Å². The van der Waals surface area contributed by atoms with Crippen molar-refractivity contribution >= 4 is 22.4 Å². The molecule has 4 heteroatoms. The van der Waals surface area contributed by atoms with Gasteiger partial charge in [-0.25, -0.2) is 4.99 Å². The predicted octanol–water partition coefficient (Wildman–Crippen LogP) is 3.31. The Morgan fingerprint density at radius 3 is 2.60 bits per heavy atom. The van der Waals surface area contributed by atoms with Crippen molar-refractivity contribution in [2.45, 2.75) is 19.8 Å². The Bertz CT molecular complexity index is 816. The summed E-state index contributed by atoms with van der Waals surface area (Å²) in [6.07, 6.45) is 2.29. The van der Waals surface area contributed by atoms with Crippen LogP contribution in [0.3, 0.4) is 0 Å². The fourth-order valence-corrected chi connectivity index (χ4v) is 3.80. The molecular formula is C21H26N4. The average molecular weight is 334 g/mol. The summed E-state index contributed by atoms with van der Waals surface area (Å²) < 4.78 is 0. The summed E-state index contributed by atoms with van der Waals surface area (Å²) >= 11 is 0. The Hall–Kier alpha value is -2.20. The first-order chi connectivity index (χ1) is 12.2. The summed E-state index contributed by atoms with van der Waals surface area (Å²) in [6.45, 7) is 5.86. The third-order valence-electron chi connectivity index (χ3n) is 5.47. The molecule has 4 rings (SSSR count). The Morgan fingerprint density at radius 1 is 1.08 bits per heavy atom. The SMILES string of the molecule is CC1CN=C(N2CCC(CN)CC2)N=C1c1ccc2ccccc2c1. The monoisotopic (exact) mass is 334 g/mol. The van der Waals surface area contributed by atoms with Gasteiger partial charge in [0, 0.05) is 19.0 Å². The second-order valence-electron chi connectivity index (χ2n) is 7.27. The lowest BCUT2D eigenvalue weighted by Crippen LogP contribution is -2.41. The Labute approximate surface area is 149 Å². The highest BCUT2D eigenvalue weighted by Crippen LogP contribution is 2.23. The number of nitrogens with two attached hydrogens (primary N) is 1. The molecule has 1 saturated heterocycles. The van der Waals surface area contributed by atoms with Crippen LogP contribution in [-0.4, -0.2) is 42.8 Å². The topological polar surface area (TPSA) is 54.0 Å². The van der Waals surface area contributed by atoms with E-state index in [2.05, 4.69) is 54.3 Å². The molecule has 2 aromatic carbocycles. The summed E-state index contributed by atoms with van der Waals surface area (Å²) in [4.78, 5) is 12.1. The number of fused-ring (bicyclic) bond motifs is 1. The minimum Gasteiger partial charge on any atom is -0.341 e. The third kappa shape index (κ3) is 3.31. The lowest BCUT2D eigenvalue weighted by atomic mass is 9.95. The summed E-state index contributed by atoms with van der Waals surface area (Å²) in [6, 6.07) is 15.1. The second kappa shape index (κ2) is 6.96. The van der Waals surface area contributed by atoms with Gasteiger partial charge in [-0.15, -0.1) is 0 Å². The van der Waals surface area contributed by atoms with Crippen LogP contribution < -0.4 is 5.73 Å². The molecule has 0 bridgehead atoms. The standard InChI is InChI=1S/C21H26N4/c1-15-14-23-21(25-10-8-16(13-22)9-11-25)24-20(15)19-7-6-17-4-2-3-5-18(17)12-19/h2-7,12,15-16H,8-11,13-14,22H2,1H3. The molecule has 2 aromatic rings. The number of nitrogens with zero attached hydrogens (tertiary/aromatic N) is 3. The molecule has 2 aliphatic heterocycles. The lowest BCUT2D eigenvalue weighted by Gasteiger charge is -2.34. The Morgan fingerprint density at radius 2 is 1.84 bits per heavy atom. The van der Waals surface area contributed by atoms with E-state index in [1.807, 2.05) is 0 Å². The quantitative estimate of drug-likeness (QED) is 0.916. The van der Waals surface area contributed by atoms with Crippen molar-refractivity contribution < 1.29 is 0 Å². The molecule has 0 aliphatic carbocycles. The van der Waals surface area contributed by atoms with Crippen molar-refractivity contribution in [3.05, 3.63) is 48.0 Å². The van der Waals surface area contributed by atoms with E-state index in [0.717, 1.165) is 50.7 Å². The number of likely N-dealkylation sites (tertiary alicyclic amines) is 1. The van der Waals surface area contributed by atoms with Gasteiger partial charge in [0.1, 0.15) is 0 Å². The summed E-state index contributed by atoms with van der Waals surface area (Å²) in [5, 5.41) is 2.54. The highest BCUT2D eigenvalue weighted by Gasteiger charge is 2.25. The summed E-state index contributed by atoms with van der Waals surface area (Å²) in [7, 11) is 0. The first-order valence-corrected chi connectivity index (χ1v) is 9.32. The second-order valence-corrected chi connectivity index (χ2v) is 7.27. The largest absolute Gasteiger partial charge is 0.341 e. The molecule has 0 aromatic heterocycles. The van der Waals surface area contributed by atoms with Gasteiger partial charge in [-0.2, -0.15) is 0 Å². The average Bonchev–Trinajstić information content (AvgIpc) is 2.68. The first kappa shape index (κ1) is 16.3. The number of piperidine rings is 1. The summed E-state index contributed by atoms with van der Waals surface area (Å²) in [5.74, 6) is 1.92. The molecule has 0 amide bonds. The van der Waals surface area contributed by atoms with Crippen LogP contribution in [0.1, 0.15) is 25.3 Å². The van der Waals surface area contributed by atoms with Gasteiger partial charge < -0.3 is 10.6 Å². The fraction of sp³-hybridized carbons (Fsp3) is 0.429. The first-order valence-electron chi connectivity index (χ1n) is 9.32. The van der Waals surface area contributed by atoms with Crippen LogP contribution >= 0.6 is 0 Å². The van der Waals surface area contributed by atoms with Gasteiger partial charge in [0.05, 0.1) is 12.3 Å². The van der Waals surface area contributed by atoms with Crippen molar-refractivity contribution in [2.75, 3.05) is 26.2 Å². The molecule has 0 saturated carbocycles. The number of benzene rings is 2. The van der Waals surface area contributed by atoms with Gasteiger partial charge in [-0.05, 0) is 47.7 Å². The van der Waals surface area contributed by atoms with Gasteiger partial charge in [0.2, 0.25) is 5.96 Å². The highest BCUT2D eigenvalue weighted by molar-refractivity contribution is 6.11. The van der Waals surface area contributed by atoms with E-state index < -0.39 is 0 Å². The van der Waals surface area contributed by atoms with Crippen molar-refractivity contribution in [3.63, 3.8) is 0 Å². The van der Waals surface area contributed by atoms with Crippen LogP contribution in [0.15, 0.2) is 52.4 Å². The van der Waals surface area contributed by atoms with Crippen molar-refractivity contribution in [1.29, 1.82) is 0 Å². The molecule has 4 nitrogen and oxygen atoms in total. The normalized spacial score (nSPS) is 22.0. The van der Waals surface area contributed by atoms with E-state index in [4.69, 9.17) is 15.7 Å². The van der Waals surface area contributed by atoms with Gasteiger partial charge in [0.15, 0.2) is 0 Å². The smallest absolute Gasteiger partial charge is 0.220 e. The number of hydrogen-bond donors (Lipinski definition) is 1. The maximum Gasteiger partial charge on any atom is 0.220 e. The lowest BCUT2D eigenvalue weighted by molar-refractivity contribution is 0.268. The van der Waals surface area contributed by atoms with E-state index in [1.54, 1.807) is 0 Å². The highest BCUT2D eigenvalue weighted by atomic mass is 15.3. The van der Waals surface area contributed by atoms with Crippen LogP contribution in [-0.2, 0) is 0 Å². The predicted molar refractivity (Wildman–Crippen MR) is 105 cm³/mol. The molecule has 130 valence electrons. The van der Waals surface area contributed by atoms with E-state index in [0.29, 0.717) is 11.8 Å². The molecule has 0 spiro atoms. The minimum absolute atomic E-state index is 0.353. The van der Waals surface area contributed by atoms with Crippen LogP contribution in [0.4, 0.5) is 0 Å². The number of guanidine groups is 1. The summed E-state index contributed by atoms with van der Waals surface area (Å²) in [5.41, 5.74) is 8.19. The van der Waals surface area contributed by atoms with E-state index >= 15 is 0 Å². The molecule has 1 atom stereocenters.